The molecule has 1 aliphatic carbocycles. The van der Waals surface area contributed by atoms with Gasteiger partial charge >= 0.3 is 5.97 Å². The van der Waals surface area contributed by atoms with Crippen molar-refractivity contribution in [2.75, 3.05) is 19.8 Å². The largest absolute Gasteiger partial charge is 0.481 e. The van der Waals surface area contributed by atoms with Crippen molar-refractivity contribution in [3.63, 3.8) is 0 Å². The van der Waals surface area contributed by atoms with E-state index in [-0.39, 0.29) is 12.5 Å². The van der Waals surface area contributed by atoms with E-state index >= 15 is 0 Å². The van der Waals surface area contributed by atoms with E-state index in [1.807, 2.05) is 0 Å². The summed E-state index contributed by atoms with van der Waals surface area (Å²) in [5.74, 6) is -2.35. The fourth-order valence-electron chi connectivity index (χ4n) is 2.88. The lowest BCUT2D eigenvalue weighted by molar-refractivity contribution is -0.140. The zero-order valence-corrected chi connectivity index (χ0v) is 11.3. The van der Waals surface area contributed by atoms with Gasteiger partial charge in [-0.3, -0.25) is 9.59 Å². The maximum absolute atomic E-state index is 12.0. The summed E-state index contributed by atoms with van der Waals surface area (Å²) in [5, 5.41) is 21.9. The first-order valence-corrected chi connectivity index (χ1v) is 6.59. The molecule has 0 aromatic carbocycles. The second-order valence-electron chi connectivity index (χ2n) is 6.17. The van der Waals surface area contributed by atoms with Crippen LogP contribution in [-0.2, 0) is 14.3 Å². The molecule has 1 saturated heterocycles. The molecule has 19 heavy (non-hydrogen) atoms. The molecule has 6 heteroatoms. The SMILES string of the molecule is CC1(C)C(C(=O)O)C1C(=O)NCC1(O)CCOCC1. The molecule has 108 valence electrons. The number of amides is 1. The lowest BCUT2D eigenvalue weighted by atomic mass is 9.94. The van der Waals surface area contributed by atoms with Gasteiger partial charge in [-0.05, 0) is 5.41 Å². The molecule has 0 radical (unpaired) electrons. The van der Waals surface area contributed by atoms with Crippen molar-refractivity contribution in [2.24, 2.45) is 17.3 Å². The number of carbonyl (C=O) groups is 2. The van der Waals surface area contributed by atoms with Gasteiger partial charge in [-0.25, -0.2) is 0 Å². The fraction of sp³-hybridized carbons (Fsp3) is 0.846. The van der Waals surface area contributed by atoms with Gasteiger partial charge < -0.3 is 20.3 Å². The van der Waals surface area contributed by atoms with Crippen molar-refractivity contribution >= 4 is 11.9 Å². The van der Waals surface area contributed by atoms with E-state index in [2.05, 4.69) is 5.32 Å². The van der Waals surface area contributed by atoms with E-state index in [0.717, 1.165) is 0 Å². The molecule has 2 atom stereocenters. The maximum Gasteiger partial charge on any atom is 0.307 e. The van der Waals surface area contributed by atoms with Crippen LogP contribution in [0.25, 0.3) is 0 Å². The van der Waals surface area contributed by atoms with Crippen LogP contribution in [0.4, 0.5) is 0 Å². The number of ether oxygens (including phenoxy) is 1. The van der Waals surface area contributed by atoms with E-state index < -0.39 is 28.8 Å². The van der Waals surface area contributed by atoms with E-state index in [1.165, 1.54) is 0 Å². The average molecular weight is 271 g/mol. The second-order valence-corrected chi connectivity index (χ2v) is 6.17. The molecule has 0 bridgehead atoms. The van der Waals surface area contributed by atoms with Crippen molar-refractivity contribution in [2.45, 2.75) is 32.3 Å². The number of aliphatic carboxylic acids is 1. The monoisotopic (exact) mass is 271 g/mol. The highest BCUT2D eigenvalue weighted by molar-refractivity contribution is 5.91. The summed E-state index contributed by atoms with van der Waals surface area (Å²) >= 11 is 0. The van der Waals surface area contributed by atoms with Gasteiger partial charge in [0.2, 0.25) is 5.91 Å². The fourth-order valence-corrected chi connectivity index (χ4v) is 2.88. The number of carboxylic acids is 1. The molecule has 1 saturated carbocycles. The summed E-state index contributed by atoms with van der Waals surface area (Å²) in [6.07, 6.45) is 0.980. The maximum atomic E-state index is 12.0. The van der Waals surface area contributed by atoms with Crippen LogP contribution < -0.4 is 5.32 Å². The van der Waals surface area contributed by atoms with E-state index in [1.54, 1.807) is 13.8 Å². The molecule has 2 unspecified atom stereocenters. The molecular formula is C13H21NO5. The van der Waals surface area contributed by atoms with Gasteiger partial charge in [0, 0.05) is 32.6 Å². The van der Waals surface area contributed by atoms with E-state index in [0.29, 0.717) is 26.1 Å². The third kappa shape index (κ3) is 2.74. The van der Waals surface area contributed by atoms with Gasteiger partial charge in [0.15, 0.2) is 0 Å². The minimum absolute atomic E-state index is 0.161. The molecule has 1 heterocycles. The van der Waals surface area contributed by atoms with Crippen LogP contribution in [0.1, 0.15) is 26.7 Å². The first-order valence-electron chi connectivity index (χ1n) is 6.59. The van der Waals surface area contributed by atoms with Crippen LogP contribution in [-0.4, -0.2) is 47.4 Å². The quantitative estimate of drug-likeness (QED) is 0.669. The molecule has 1 amide bonds. The average Bonchev–Trinajstić information content (AvgIpc) is 2.91. The highest BCUT2D eigenvalue weighted by Crippen LogP contribution is 2.58. The van der Waals surface area contributed by atoms with Crippen LogP contribution in [0.15, 0.2) is 0 Å². The Hall–Kier alpha value is -1.14. The first kappa shape index (κ1) is 14.3. The molecule has 0 spiro atoms. The number of carbonyl (C=O) groups excluding carboxylic acids is 1. The first-order chi connectivity index (χ1) is 8.78. The predicted molar refractivity (Wildman–Crippen MR) is 66.4 cm³/mol. The van der Waals surface area contributed by atoms with Gasteiger partial charge in [0.05, 0.1) is 17.4 Å². The molecule has 0 aromatic rings. The number of rotatable bonds is 4. The molecule has 3 N–H and O–H groups in total. The third-order valence-corrected chi connectivity index (χ3v) is 4.39. The summed E-state index contributed by atoms with van der Waals surface area (Å²) in [6, 6.07) is 0. The Kier molecular flexibility index (Phi) is 3.57. The van der Waals surface area contributed by atoms with Crippen molar-refractivity contribution in [1.82, 2.24) is 5.32 Å². The number of hydrogen-bond donors (Lipinski definition) is 3. The Bertz CT molecular complexity index is 386. The zero-order valence-electron chi connectivity index (χ0n) is 11.3. The van der Waals surface area contributed by atoms with E-state index in [9.17, 15) is 14.7 Å². The third-order valence-electron chi connectivity index (χ3n) is 4.39. The molecule has 2 aliphatic rings. The minimum atomic E-state index is -0.935. The van der Waals surface area contributed by atoms with Crippen molar-refractivity contribution in [1.29, 1.82) is 0 Å². The molecule has 2 fully saturated rings. The van der Waals surface area contributed by atoms with Crippen LogP contribution in [0.3, 0.4) is 0 Å². The van der Waals surface area contributed by atoms with Gasteiger partial charge in [0.25, 0.3) is 0 Å². The Labute approximate surface area is 112 Å². The van der Waals surface area contributed by atoms with Gasteiger partial charge in [0.1, 0.15) is 0 Å². The number of aliphatic hydroxyl groups is 1. The molecule has 1 aliphatic heterocycles. The Morgan fingerprint density at radius 3 is 2.32 bits per heavy atom. The summed E-state index contributed by atoms with van der Waals surface area (Å²) in [4.78, 5) is 23.0. The Morgan fingerprint density at radius 2 is 1.84 bits per heavy atom. The van der Waals surface area contributed by atoms with Crippen LogP contribution in [0.5, 0.6) is 0 Å². The van der Waals surface area contributed by atoms with Crippen LogP contribution >= 0.6 is 0 Å². The van der Waals surface area contributed by atoms with Crippen LogP contribution in [0.2, 0.25) is 0 Å². The molecule has 2 rings (SSSR count). The lowest BCUT2D eigenvalue weighted by Crippen LogP contribution is -2.47. The standard InChI is InChI=1S/C13H21NO5/c1-12(2)8(9(12)11(16)17)10(15)14-7-13(18)3-5-19-6-4-13/h8-9,18H,3-7H2,1-2H3,(H,14,15)(H,16,17). The Morgan fingerprint density at radius 1 is 1.26 bits per heavy atom. The predicted octanol–water partition coefficient (Wildman–Crippen LogP) is 0.000900. The normalized spacial score (nSPS) is 31.5. The van der Waals surface area contributed by atoms with E-state index in [4.69, 9.17) is 9.84 Å². The van der Waals surface area contributed by atoms with Crippen molar-refractivity contribution in [3.8, 4) is 0 Å². The van der Waals surface area contributed by atoms with Crippen molar-refractivity contribution in [3.05, 3.63) is 0 Å². The van der Waals surface area contributed by atoms with Gasteiger partial charge in [-0.1, -0.05) is 13.8 Å². The number of carboxylic acid groups (broad SMARTS) is 1. The van der Waals surface area contributed by atoms with Crippen LogP contribution in [0, 0.1) is 17.3 Å². The summed E-state index contributed by atoms with van der Waals surface area (Å²) in [7, 11) is 0. The van der Waals surface area contributed by atoms with Crippen molar-refractivity contribution < 1.29 is 24.5 Å². The second kappa shape index (κ2) is 4.76. The molecular weight excluding hydrogens is 250 g/mol. The number of nitrogens with one attached hydrogen (secondary N) is 1. The summed E-state index contributed by atoms with van der Waals surface area (Å²) in [5.41, 5.74) is -1.43. The minimum Gasteiger partial charge on any atom is -0.481 e. The number of hydrogen-bond acceptors (Lipinski definition) is 4. The summed E-state index contributed by atoms with van der Waals surface area (Å²) < 4.78 is 5.16. The zero-order chi connectivity index (χ0) is 14.3. The topological polar surface area (TPSA) is 95.9 Å². The smallest absolute Gasteiger partial charge is 0.307 e. The molecule has 6 nitrogen and oxygen atoms in total. The highest BCUT2D eigenvalue weighted by atomic mass is 16.5. The highest BCUT2D eigenvalue weighted by Gasteiger charge is 2.65. The molecule has 0 aromatic heterocycles. The lowest BCUT2D eigenvalue weighted by Gasteiger charge is -2.32. The van der Waals surface area contributed by atoms with Gasteiger partial charge in [-0.2, -0.15) is 0 Å². The Balaban J connectivity index is 1.87. The van der Waals surface area contributed by atoms with Gasteiger partial charge in [-0.15, -0.1) is 0 Å². The summed E-state index contributed by atoms with van der Waals surface area (Å²) in [6.45, 7) is 4.69.